The van der Waals surface area contributed by atoms with E-state index in [-0.39, 0.29) is 11.6 Å². The van der Waals surface area contributed by atoms with Crippen molar-refractivity contribution in [3.05, 3.63) is 39.4 Å². The lowest BCUT2D eigenvalue weighted by atomic mass is 10.2. The summed E-state index contributed by atoms with van der Waals surface area (Å²) in [6.45, 7) is 6.76. The fraction of sp³-hybridized carbons (Fsp3) is 0.500. The summed E-state index contributed by atoms with van der Waals surface area (Å²) in [5.41, 5.74) is 0.688. The van der Waals surface area contributed by atoms with Crippen LogP contribution in [0.5, 0.6) is 0 Å². The van der Waals surface area contributed by atoms with E-state index in [0.717, 1.165) is 18.9 Å². The van der Waals surface area contributed by atoms with E-state index in [4.69, 9.17) is 16.6 Å². The van der Waals surface area contributed by atoms with Gasteiger partial charge in [0.25, 0.3) is 5.56 Å². The Morgan fingerprint density at radius 1 is 1.41 bits per heavy atom. The molecule has 0 spiro atoms. The average molecular weight is 325 g/mol. The number of halogens is 1. The molecule has 0 amide bonds. The first kappa shape index (κ1) is 16.9. The maximum absolute atomic E-state index is 12.6. The van der Waals surface area contributed by atoms with Crippen LogP contribution in [0.15, 0.2) is 23.0 Å². The van der Waals surface area contributed by atoms with Crippen molar-refractivity contribution in [2.75, 3.05) is 27.2 Å². The zero-order chi connectivity index (χ0) is 16.3. The third-order valence-electron chi connectivity index (χ3n) is 3.83. The van der Waals surface area contributed by atoms with E-state index in [1.165, 1.54) is 4.90 Å². The van der Waals surface area contributed by atoms with E-state index in [2.05, 4.69) is 26.3 Å². The Balaban J connectivity index is 2.41. The van der Waals surface area contributed by atoms with Gasteiger partial charge in [-0.3, -0.25) is 9.36 Å². The Hall–Kier alpha value is -1.43. The number of nitrogens with zero attached hydrogens (tertiary/aromatic N) is 2. The number of nitrogens with one attached hydrogen (secondary N) is 1. The van der Waals surface area contributed by atoms with Crippen LogP contribution in [0.25, 0.3) is 10.9 Å². The zero-order valence-electron chi connectivity index (χ0n) is 13.7. The van der Waals surface area contributed by atoms with Crippen LogP contribution in [0.3, 0.4) is 0 Å². The molecule has 2 rings (SSSR count). The molecule has 0 saturated heterocycles. The Kier molecular flexibility index (Phi) is 5.56. The fourth-order valence-corrected chi connectivity index (χ4v) is 2.76. The molecule has 6 heteroatoms. The second kappa shape index (κ2) is 7.22. The summed E-state index contributed by atoms with van der Waals surface area (Å²) in [5.74, 6) is 0.816. The molecule has 0 aliphatic rings. The van der Waals surface area contributed by atoms with Crippen LogP contribution >= 0.6 is 11.6 Å². The highest BCUT2D eigenvalue weighted by Gasteiger charge is 2.18. The van der Waals surface area contributed by atoms with Gasteiger partial charge in [-0.05, 0) is 32.0 Å². The SMILES string of the molecule is CCn1c([C@H](C)[NH2+]CC[NH+](C)C)nc2cc(Cl)ccc2c1=O. The smallest absolute Gasteiger partial charge is 0.261 e. The Morgan fingerprint density at radius 3 is 2.77 bits per heavy atom. The van der Waals surface area contributed by atoms with Crippen LogP contribution in [0.4, 0.5) is 0 Å². The first-order valence-corrected chi connectivity index (χ1v) is 8.14. The van der Waals surface area contributed by atoms with E-state index >= 15 is 0 Å². The highest BCUT2D eigenvalue weighted by atomic mass is 35.5. The van der Waals surface area contributed by atoms with Crippen LogP contribution in [0.1, 0.15) is 25.7 Å². The average Bonchev–Trinajstić information content (AvgIpc) is 2.46. The van der Waals surface area contributed by atoms with Gasteiger partial charge < -0.3 is 10.2 Å². The lowest BCUT2D eigenvalue weighted by Crippen LogP contribution is -3.09. The minimum Gasteiger partial charge on any atom is -0.335 e. The van der Waals surface area contributed by atoms with Crippen molar-refractivity contribution >= 4 is 22.5 Å². The number of quaternary nitrogens is 2. The highest BCUT2D eigenvalue weighted by molar-refractivity contribution is 6.31. The predicted molar refractivity (Wildman–Crippen MR) is 89.6 cm³/mol. The fourth-order valence-electron chi connectivity index (χ4n) is 2.59. The Labute approximate surface area is 135 Å². The molecule has 1 aromatic carbocycles. The molecule has 0 aliphatic carbocycles. The number of fused-ring (bicyclic) bond motifs is 1. The van der Waals surface area contributed by atoms with Gasteiger partial charge in [-0.2, -0.15) is 0 Å². The molecule has 3 N–H and O–H groups in total. The quantitative estimate of drug-likeness (QED) is 0.776. The summed E-state index contributed by atoms with van der Waals surface area (Å²) in [6.07, 6.45) is 0. The van der Waals surface area contributed by atoms with Crippen molar-refractivity contribution in [1.82, 2.24) is 9.55 Å². The molecule has 22 heavy (non-hydrogen) atoms. The second-order valence-corrected chi connectivity index (χ2v) is 6.39. The topological polar surface area (TPSA) is 55.9 Å². The molecule has 0 radical (unpaired) electrons. The molecule has 1 aromatic heterocycles. The summed E-state index contributed by atoms with van der Waals surface area (Å²) in [6, 6.07) is 5.39. The maximum Gasteiger partial charge on any atom is 0.261 e. The number of aromatic nitrogens is 2. The molecule has 0 bridgehead atoms. The molecule has 1 heterocycles. The minimum atomic E-state index is 0.0117. The summed E-state index contributed by atoms with van der Waals surface area (Å²) < 4.78 is 1.76. The van der Waals surface area contributed by atoms with E-state index in [1.807, 2.05) is 6.92 Å². The monoisotopic (exact) mass is 324 g/mol. The molecule has 1 atom stereocenters. The summed E-state index contributed by atoms with van der Waals surface area (Å²) in [5, 5.41) is 3.46. The Bertz CT molecular complexity index is 711. The first-order valence-electron chi connectivity index (χ1n) is 7.76. The van der Waals surface area contributed by atoms with Crippen molar-refractivity contribution in [3.8, 4) is 0 Å². The number of rotatable bonds is 6. The molecule has 0 saturated carbocycles. The third kappa shape index (κ3) is 3.66. The van der Waals surface area contributed by atoms with E-state index in [1.54, 1.807) is 22.8 Å². The van der Waals surface area contributed by atoms with Crippen molar-refractivity contribution in [3.63, 3.8) is 0 Å². The van der Waals surface area contributed by atoms with Crippen LogP contribution in [-0.2, 0) is 6.54 Å². The normalized spacial score (nSPS) is 13.0. The molecule has 2 aromatic rings. The number of hydrogen-bond acceptors (Lipinski definition) is 2. The summed E-state index contributed by atoms with van der Waals surface area (Å²) >= 11 is 6.04. The maximum atomic E-state index is 12.6. The number of benzene rings is 1. The molecule has 5 nitrogen and oxygen atoms in total. The van der Waals surface area contributed by atoms with Crippen LogP contribution < -0.4 is 15.8 Å². The van der Waals surface area contributed by atoms with Crippen LogP contribution in [0, 0.1) is 0 Å². The molecule has 0 aliphatic heterocycles. The van der Waals surface area contributed by atoms with Gasteiger partial charge in [0.15, 0.2) is 5.82 Å². The van der Waals surface area contributed by atoms with Gasteiger partial charge >= 0.3 is 0 Å². The lowest BCUT2D eigenvalue weighted by Gasteiger charge is -2.16. The van der Waals surface area contributed by atoms with Crippen LogP contribution in [-0.4, -0.2) is 36.7 Å². The van der Waals surface area contributed by atoms with E-state index in [0.29, 0.717) is 22.5 Å². The van der Waals surface area contributed by atoms with Gasteiger partial charge in [-0.25, -0.2) is 4.98 Å². The summed E-state index contributed by atoms with van der Waals surface area (Å²) in [7, 11) is 4.27. The highest BCUT2D eigenvalue weighted by Crippen LogP contribution is 2.16. The largest absolute Gasteiger partial charge is 0.335 e. The number of likely N-dealkylation sites (N-methyl/N-ethyl adjacent to an activating group) is 1. The van der Waals surface area contributed by atoms with Gasteiger partial charge in [0.2, 0.25) is 0 Å². The molecule has 0 unspecified atom stereocenters. The van der Waals surface area contributed by atoms with Gasteiger partial charge in [-0.15, -0.1) is 0 Å². The van der Waals surface area contributed by atoms with Crippen LogP contribution in [0.2, 0.25) is 5.02 Å². The van der Waals surface area contributed by atoms with Gasteiger partial charge in [0.1, 0.15) is 19.1 Å². The van der Waals surface area contributed by atoms with Gasteiger partial charge in [0, 0.05) is 11.6 Å². The van der Waals surface area contributed by atoms with E-state index in [9.17, 15) is 4.79 Å². The molecule has 120 valence electrons. The summed E-state index contributed by atoms with van der Waals surface area (Å²) in [4.78, 5) is 18.8. The van der Waals surface area contributed by atoms with Crippen molar-refractivity contribution in [1.29, 1.82) is 0 Å². The predicted octanol–water partition coefficient (Wildman–Crippen LogP) is -0.161. The standard InChI is InChI=1S/C16H23ClN4O/c1-5-21-15(11(2)18-8-9-20(3)4)19-14-10-12(17)6-7-13(14)16(21)22/h6-7,10-11,18H,5,8-9H2,1-4H3/p+2/t11-/m0/s1. The zero-order valence-corrected chi connectivity index (χ0v) is 14.4. The minimum absolute atomic E-state index is 0.0117. The number of hydrogen-bond donors (Lipinski definition) is 2. The molecular formula is C16H25ClN4O+2. The number of nitrogens with two attached hydrogens (primary N) is 1. The second-order valence-electron chi connectivity index (χ2n) is 5.95. The van der Waals surface area contributed by atoms with Crippen molar-refractivity contribution < 1.29 is 10.2 Å². The van der Waals surface area contributed by atoms with Crippen molar-refractivity contribution in [2.45, 2.75) is 26.4 Å². The third-order valence-corrected chi connectivity index (χ3v) is 4.07. The molecule has 0 fully saturated rings. The van der Waals surface area contributed by atoms with Gasteiger partial charge in [-0.1, -0.05) is 11.6 Å². The lowest BCUT2D eigenvalue weighted by molar-refractivity contribution is -0.877. The first-order chi connectivity index (χ1) is 10.4. The Morgan fingerprint density at radius 2 is 2.14 bits per heavy atom. The molecular weight excluding hydrogens is 300 g/mol. The van der Waals surface area contributed by atoms with Crippen molar-refractivity contribution in [2.24, 2.45) is 0 Å². The van der Waals surface area contributed by atoms with Gasteiger partial charge in [0.05, 0.1) is 25.0 Å². The van der Waals surface area contributed by atoms with E-state index < -0.39 is 0 Å².